The third-order valence-corrected chi connectivity index (χ3v) is 4.36. The summed E-state index contributed by atoms with van der Waals surface area (Å²) in [6.45, 7) is 3.88. The van der Waals surface area contributed by atoms with Gasteiger partial charge >= 0.3 is 0 Å². The van der Waals surface area contributed by atoms with Crippen LogP contribution in [-0.4, -0.2) is 22.8 Å². The average Bonchev–Trinajstić information content (AvgIpc) is 2.73. The van der Waals surface area contributed by atoms with Crippen LogP contribution in [0, 0.1) is 6.92 Å². The number of nitrogens with zero attached hydrogens (tertiary/aromatic N) is 1. The minimum Gasteiger partial charge on any atom is -0.368 e. The first-order valence-electron chi connectivity index (χ1n) is 6.57. The molecule has 106 valence electrons. The Bertz CT molecular complexity index is 586. The summed E-state index contributed by atoms with van der Waals surface area (Å²) in [4.78, 5) is 27.5. The van der Waals surface area contributed by atoms with E-state index in [0.717, 1.165) is 10.5 Å². The van der Waals surface area contributed by atoms with Crippen LogP contribution in [0.15, 0.2) is 30.5 Å². The van der Waals surface area contributed by atoms with Crippen LogP contribution < -0.4 is 5.73 Å². The maximum Gasteiger partial charge on any atom is 0.240 e. The number of aryl methyl sites for hydroxylation is 1. The first-order valence-corrected chi connectivity index (χ1v) is 7.39. The van der Waals surface area contributed by atoms with Gasteiger partial charge in [-0.05, 0) is 37.1 Å². The summed E-state index contributed by atoms with van der Waals surface area (Å²) >= 11 is 1.66. The van der Waals surface area contributed by atoms with E-state index in [9.17, 15) is 9.59 Å². The fraction of sp³-hybridized carbons (Fsp3) is 0.333. The zero-order chi connectivity index (χ0) is 14.7. The Morgan fingerprint density at radius 1 is 1.50 bits per heavy atom. The Kier molecular flexibility index (Phi) is 4.39. The second kappa shape index (κ2) is 6.05. The summed E-state index contributed by atoms with van der Waals surface area (Å²) in [5, 5.41) is 0. The molecule has 0 radical (unpaired) electrons. The molecule has 4 nitrogen and oxygen atoms in total. The van der Waals surface area contributed by atoms with E-state index in [-0.39, 0.29) is 12.3 Å². The van der Waals surface area contributed by atoms with Crippen LogP contribution in [-0.2, 0) is 9.59 Å². The van der Waals surface area contributed by atoms with Gasteiger partial charge < -0.3 is 10.6 Å². The largest absolute Gasteiger partial charge is 0.368 e. The Balaban J connectivity index is 2.21. The standard InChI is InChI=1S/C15H18N2O2S/c1-3-12(15(16)19)17-8-4-5-11(9-14(17)18)13-7-6-10(2)20-13/h4-8,12H,3,9H2,1-2H3,(H2,16,19). The minimum atomic E-state index is -0.573. The quantitative estimate of drug-likeness (QED) is 0.925. The number of hydrogen-bond acceptors (Lipinski definition) is 3. The van der Waals surface area contributed by atoms with Gasteiger partial charge in [0.05, 0.1) is 6.42 Å². The monoisotopic (exact) mass is 290 g/mol. The highest BCUT2D eigenvalue weighted by Crippen LogP contribution is 2.28. The summed E-state index contributed by atoms with van der Waals surface area (Å²) in [6, 6.07) is 3.49. The Labute approximate surface area is 122 Å². The normalized spacial score (nSPS) is 16.8. The molecule has 1 aliphatic heterocycles. The Hall–Kier alpha value is -1.88. The topological polar surface area (TPSA) is 63.4 Å². The molecule has 1 aliphatic rings. The molecular weight excluding hydrogens is 272 g/mol. The van der Waals surface area contributed by atoms with Gasteiger partial charge in [0, 0.05) is 16.0 Å². The van der Waals surface area contributed by atoms with Crippen LogP contribution in [0.2, 0.25) is 0 Å². The van der Waals surface area contributed by atoms with Gasteiger partial charge in [-0.1, -0.05) is 13.0 Å². The molecule has 1 aromatic heterocycles. The molecule has 0 aliphatic carbocycles. The van der Waals surface area contributed by atoms with Crippen molar-refractivity contribution in [3.63, 3.8) is 0 Å². The van der Waals surface area contributed by atoms with Crippen LogP contribution in [0.25, 0.3) is 5.57 Å². The fourth-order valence-corrected chi connectivity index (χ4v) is 3.13. The van der Waals surface area contributed by atoms with Crippen molar-refractivity contribution in [1.82, 2.24) is 4.90 Å². The second-order valence-electron chi connectivity index (χ2n) is 4.75. The third kappa shape index (κ3) is 2.99. The number of rotatable bonds is 4. The maximum atomic E-state index is 12.3. The molecular formula is C15H18N2O2S. The minimum absolute atomic E-state index is 0.0956. The molecule has 2 rings (SSSR count). The van der Waals surface area contributed by atoms with E-state index < -0.39 is 11.9 Å². The van der Waals surface area contributed by atoms with E-state index >= 15 is 0 Å². The predicted molar refractivity (Wildman–Crippen MR) is 80.9 cm³/mol. The number of primary amides is 1. The summed E-state index contributed by atoms with van der Waals surface area (Å²) in [5.74, 6) is -0.567. The average molecular weight is 290 g/mol. The van der Waals surface area contributed by atoms with E-state index in [1.165, 1.54) is 9.78 Å². The van der Waals surface area contributed by atoms with Gasteiger partial charge in [0.1, 0.15) is 6.04 Å². The van der Waals surface area contributed by atoms with Crippen molar-refractivity contribution < 1.29 is 9.59 Å². The summed E-state index contributed by atoms with van der Waals surface area (Å²) in [6.07, 6.45) is 6.18. The number of nitrogens with two attached hydrogens (primary N) is 1. The van der Waals surface area contributed by atoms with Gasteiger partial charge in [-0.2, -0.15) is 0 Å². The lowest BCUT2D eigenvalue weighted by atomic mass is 10.1. The molecule has 0 aromatic carbocycles. The highest BCUT2D eigenvalue weighted by Gasteiger charge is 2.26. The molecule has 2 heterocycles. The van der Waals surface area contributed by atoms with Crippen molar-refractivity contribution in [2.45, 2.75) is 32.7 Å². The molecule has 0 saturated heterocycles. The highest BCUT2D eigenvalue weighted by molar-refractivity contribution is 7.13. The Morgan fingerprint density at radius 2 is 2.25 bits per heavy atom. The van der Waals surface area contributed by atoms with Gasteiger partial charge in [-0.3, -0.25) is 9.59 Å². The number of amides is 2. The van der Waals surface area contributed by atoms with Crippen molar-refractivity contribution in [2.75, 3.05) is 0 Å². The van der Waals surface area contributed by atoms with E-state index in [4.69, 9.17) is 5.73 Å². The Morgan fingerprint density at radius 3 is 2.80 bits per heavy atom. The van der Waals surface area contributed by atoms with Crippen LogP contribution in [0.5, 0.6) is 0 Å². The molecule has 1 aromatic rings. The van der Waals surface area contributed by atoms with Crippen molar-refractivity contribution in [3.05, 3.63) is 40.2 Å². The van der Waals surface area contributed by atoms with Crippen molar-refractivity contribution in [1.29, 1.82) is 0 Å². The fourth-order valence-electron chi connectivity index (χ4n) is 2.24. The lowest BCUT2D eigenvalue weighted by Crippen LogP contribution is -2.44. The molecule has 2 amide bonds. The molecule has 1 atom stereocenters. The molecule has 5 heteroatoms. The first kappa shape index (κ1) is 14.5. The number of allylic oxidation sites excluding steroid dienone is 2. The summed E-state index contributed by atoms with van der Waals surface area (Å²) in [7, 11) is 0. The van der Waals surface area contributed by atoms with Crippen LogP contribution in [0.4, 0.5) is 0 Å². The molecule has 0 saturated carbocycles. The maximum absolute atomic E-state index is 12.3. The van der Waals surface area contributed by atoms with Crippen molar-refractivity contribution in [2.24, 2.45) is 5.73 Å². The predicted octanol–water partition coefficient (Wildman–Crippen LogP) is 2.45. The lowest BCUT2D eigenvalue weighted by molar-refractivity contribution is -0.135. The lowest BCUT2D eigenvalue weighted by Gasteiger charge is -2.24. The smallest absolute Gasteiger partial charge is 0.240 e. The zero-order valence-corrected chi connectivity index (χ0v) is 12.4. The molecule has 0 fully saturated rings. The van der Waals surface area contributed by atoms with Crippen LogP contribution in [0.1, 0.15) is 29.5 Å². The number of hydrogen-bond donors (Lipinski definition) is 1. The van der Waals surface area contributed by atoms with Crippen LogP contribution in [0.3, 0.4) is 0 Å². The molecule has 0 bridgehead atoms. The van der Waals surface area contributed by atoms with E-state index in [0.29, 0.717) is 6.42 Å². The second-order valence-corrected chi connectivity index (χ2v) is 6.04. The molecule has 2 N–H and O–H groups in total. The molecule has 20 heavy (non-hydrogen) atoms. The van der Waals surface area contributed by atoms with Crippen molar-refractivity contribution >= 4 is 28.7 Å². The van der Waals surface area contributed by atoms with Crippen LogP contribution >= 0.6 is 11.3 Å². The number of carbonyl (C=O) groups excluding carboxylic acids is 2. The summed E-state index contributed by atoms with van der Waals surface area (Å²) < 4.78 is 0. The molecule has 1 unspecified atom stereocenters. The highest BCUT2D eigenvalue weighted by atomic mass is 32.1. The zero-order valence-electron chi connectivity index (χ0n) is 11.6. The van der Waals surface area contributed by atoms with Gasteiger partial charge in [0.15, 0.2) is 0 Å². The summed E-state index contributed by atoms with van der Waals surface area (Å²) in [5.41, 5.74) is 6.34. The third-order valence-electron chi connectivity index (χ3n) is 3.28. The van der Waals surface area contributed by atoms with Gasteiger partial charge in [0.2, 0.25) is 11.8 Å². The SMILES string of the molecule is CCC(C(N)=O)N1C=CC=C(c2ccc(C)s2)CC1=O. The number of thiophene rings is 1. The molecule has 0 spiro atoms. The first-order chi connectivity index (χ1) is 9.52. The van der Waals surface area contributed by atoms with Gasteiger partial charge in [-0.15, -0.1) is 11.3 Å². The number of carbonyl (C=O) groups is 2. The van der Waals surface area contributed by atoms with E-state index in [1.807, 2.05) is 32.1 Å². The van der Waals surface area contributed by atoms with E-state index in [2.05, 4.69) is 0 Å². The van der Waals surface area contributed by atoms with Gasteiger partial charge in [0.25, 0.3) is 0 Å². The van der Waals surface area contributed by atoms with E-state index in [1.54, 1.807) is 23.6 Å². The van der Waals surface area contributed by atoms with Gasteiger partial charge in [-0.25, -0.2) is 0 Å². The van der Waals surface area contributed by atoms with Crippen molar-refractivity contribution in [3.8, 4) is 0 Å².